The maximum atomic E-state index is 12.9. The molecule has 3 unspecified atom stereocenters. The van der Waals surface area contributed by atoms with E-state index in [4.69, 9.17) is 4.42 Å². The summed E-state index contributed by atoms with van der Waals surface area (Å²) in [5.74, 6) is -0.194. The van der Waals surface area contributed by atoms with Crippen LogP contribution < -0.4 is 16.2 Å². The number of hydrazone groups is 1. The van der Waals surface area contributed by atoms with Crippen LogP contribution in [0.15, 0.2) is 70.2 Å². The normalized spacial score (nSPS) is 23.5. The Hall–Kier alpha value is -4.02. The smallest absolute Gasteiger partial charge is 0.404 e. The predicted molar refractivity (Wildman–Crippen MR) is 126 cm³/mol. The van der Waals surface area contributed by atoms with Gasteiger partial charge >= 0.3 is 5.88 Å². The summed E-state index contributed by atoms with van der Waals surface area (Å²) < 4.78 is 5.52. The zero-order chi connectivity index (χ0) is 23.8. The Labute approximate surface area is 195 Å². The molecule has 1 amide bonds. The number of para-hydroxylation sites is 1. The molecule has 3 N–H and O–H groups in total. The van der Waals surface area contributed by atoms with E-state index in [-0.39, 0.29) is 29.6 Å². The molecule has 10 nitrogen and oxygen atoms in total. The highest BCUT2D eigenvalue weighted by atomic mass is 16.6. The molecule has 2 aliphatic rings. The van der Waals surface area contributed by atoms with Gasteiger partial charge in [0.15, 0.2) is 5.71 Å². The van der Waals surface area contributed by atoms with Gasteiger partial charge in [0.2, 0.25) is 0 Å². The first-order valence-corrected chi connectivity index (χ1v) is 11.0. The number of carbonyl (C=O) groups is 1. The number of rotatable bonds is 5. The van der Waals surface area contributed by atoms with E-state index in [0.717, 1.165) is 22.4 Å². The molecule has 0 spiro atoms. The average Bonchev–Trinajstić information content (AvgIpc) is 3.43. The number of furan rings is 1. The van der Waals surface area contributed by atoms with Crippen molar-refractivity contribution in [3.63, 3.8) is 0 Å². The van der Waals surface area contributed by atoms with Crippen molar-refractivity contribution in [2.45, 2.75) is 38.5 Å². The van der Waals surface area contributed by atoms with Gasteiger partial charge in [0.05, 0.1) is 23.8 Å². The lowest BCUT2D eigenvalue weighted by molar-refractivity contribution is -0.402. The molecule has 34 heavy (non-hydrogen) atoms. The number of hydrogen-bond donors (Lipinski definition) is 3. The number of benzene rings is 2. The van der Waals surface area contributed by atoms with Crippen LogP contribution >= 0.6 is 0 Å². The summed E-state index contributed by atoms with van der Waals surface area (Å²) in [7, 11) is 0. The van der Waals surface area contributed by atoms with Crippen molar-refractivity contribution in [3.8, 4) is 0 Å². The fourth-order valence-electron chi connectivity index (χ4n) is 4.56. The maximum Gasteiger partial charge on any atom is 0.433 e. The molecule has 5 rings (SSSR count). The Kier molecular flexibility index (Phi) is 5.60. The molecule has 10 heteroatoms. The second-order valence-electron chi connectivity index (χ2n) is 8.49. The van der Waals surface area contributed by atoms with E-state index >= 15 is 0 Å². The van der Waals surface area contributed by atoms with Gasteiger partial charge in [-0.05, 0) is 49.6 Å². The summed E-state index contributed by atoms with van der Waals surface area (Å²) in [5.41, 5.74) is 10.2. The van der Waals surface area contributed by atoms with Crippen molar-refractivity contribution in [1.82, 2.24) is 15.8 Å². The lowest BCUT2D eigenvalue weighted by Crippen LogP contribution is -2.55. The van der Waals surface area contributed by atoms with Gasteiger partial charge in [-0.3, -0.25) is 31.1 Å². The van der Waals surface area contributed by atoms with Gasteiger partial charge in [-0.25, -0.2) is 0 Å². The van der Waals surface area contributed by atoms with Crippen molar-refractivity contribution in [2.24, 2.45) is 5.10 Å². The van der Waals surface area contributed by atoms with E-state index in [1.54, 1.807) is 6.07 Å². The van der Waals surface area contributed by atoms with Gasteiger partial charge < -0.3 is 4.42 Å². The van der Waals surface area contributed by atoms with Gasteiger partial charge in [-0.15, -0.1) is 0 Å². The van der Waals surface area contributed by atoms with E-state index in [1.165, 1.54) is 6.07 Å². The molecule has 174 valence electrons. The number of hydrogen-bond acceptors (Lipinski definition) is 8. The molecule has 0 bridgehead atoms. The lowest BCUT2D eigenvalue weighted by Gasteiger charge is -2.41. The van der Waals surface area contributed by atoms with Crippen molar-refractivity contribution < 1.29 is 14.1 Å². The second kappa shape index (κ2) is 8.73. The minimum atomic E-state index is -0.572. The van der Waals surface area contributed by atoms with Crippen molar-refractivity contribution in [3.05, 3.63) is 93.2 Å². The molecular weight excluding hydrogens is 436 g/mol. The molecule has 3 atom stereocenters. The summed E-state index contributed by atoms with van der Waals surface area (Å²) in [6.07, 6.45) is -0.0394. The second-order valence-corrected chi connectivity index (χ2v) is 8.49. The van der Waals surface area contributed by atoms with Crippen LogP contribution in [0.5, 0.6) is 0 Å². The first-order valence-electron chi connectivity index (χ1n) is 11.0. The molecule has 3 heterocycles. The minimum Gasteiger partial charge on any atom is -0.404 e. The van der Waals surface area contributed by atoms with Crippen LogP contribution in [0.2, 0.25) is 0 Å². The third-order valence-corrected chi connectivity index (χ3v) is 6.15. The van der Waals surface area contributed by atoms with Crippen LogP contribution in [0.3, 0.4) is 0 Å². The maximum absolute atomic E-state index is 12.9. The molecule has 0 radical (unpaired) electrons. The van der Waals surface area contributed by atoms with E-state index in [0.29, 0.717) is 12.2 Å². The van der Waals surface area contributed by atoms with Gasteiger partial charge in [0.25, 0.3) is 5.91 Å². The van der Waals surface area contributed by atoms with Gasteiger partial charge in [0, 0.05) is 0 Å². The molecule has 2 aromatic carbocycles. The Balaban J connectivity index is 1.52. The molecular formula is C24H24N6O4. The van der Waals surface area contributed by atoms with Crippen LogP contribution in [0.25, 0.3) is 0 Å². The fourth-order valence-corrected chi connectivity index (χ4v) is 4.56. The average molecular weight is 460 g/mol. The third kappa shape index (κ3) is 4.04. The Morgan fingerprint density at radius 1 is 1.15 bits per heavy atom. The number of fused-ring (bicyclic) bond motifs is 1. The molecule has 0 aliphatic carbocycles. The van der Waals surface area contributed by atoms with E-state index in [2.05, 4.69) is 33.4 Å². The molecule has 2 aliphatic heterocycles. The van der Waals surface area contributed by atoms with Gasteiger partial charge in [-0.1, -0.05) is 42.0 Å². The Morgan fingerprint density at radius 3 is 2.65 bits per heavy atom. The number of nitrogens with one attached hydrogen (secondary N) is 3. The SMILES string of the molecule is Cc1ccc(C2CC(c3ccc([N+](=O)[O-])o3)NC3C(=NNc4ccccc4)C(=O)NN32)c(C)c1. The largest absolute Gasteiger partial charge is 0.433 e. The summed E-state index contributed by atoms with van der Waals surface area (Å²) in [5, 5.41) is 20.8. The van der Waals surface area contributed by atoms with Crippen molar-refractivity contribution in [2.75, 3.05) is 5.43 Å². The number of anilines is 1. The zero-order valence-electron chi connectivity index (χ0n) is 18.7. The highest BCUT2D eigenvalue weighted by Gasteiger charge is 2.48. The van der Waals surface area contributed by atoms with Gasteiger partial charge in [-0.2, -0.15) is 10.1 Å². The lowest BCUT2D eigenvalue weighted by atomic mass is 9.90. The minimum absolute atomic E-state index is 0.200. The molecule has 2 fully saturated rings. The number of nitrogens with zero attached hydrogens (tertiary/aromatic N) is 3. The van der Waals surface area contributed by atoms with E-state index < -0.39 is 11.1 Å². The Bertz CT molecular complexity index is 1270. The zero-order valence-corrected chi connectivity index (χ0v) is 18.7. The van der Waals surface area contributed by atoms with Crippen LogP contribution in [0.4, 0.5) is 11.6 Å². The Morgan fingerprint density at radius 2 is 1.94 bits per heavy atom. The number of hydrazine groups is 1. The first kappa shape index (κ1) is 21.8. The highest BCUT2D eigenvalue weighted by molar-refractivity contribution is 6.42. The molecule has 0 saturated carbocycles. The first-order chi connectivity index (χ1) is 16.4. The monoisotopic (exact) mass is 460 g/mol. The van der Waals surface area contributed by atoms with Crippen LogP contribution in [0, 0.1) is 24.0 Å². The van der Waals surface area contributed by atoms with Crippen LogP contribution in [0.1, 0.15) is 41.0 Å². The van der Waals surface area contributed by atoms with E-state index in [1.807, 2.05) is 55.3 Å². The summed E-state index contributed by atoms with van der Waals surface area (Å²) in [6, 6.07) is 17.9. The summed E-state index contributed by atoms with van der Waals surface area (Å²) in [4.78, 5) is 23.5. The third-order valence-electron chi connectivity index (χ3n) is 6.15. The number of amides is 1. The van der Waals surface area contributed by atoms with Gasteiger partial charge in [0.1, 0.15) is 16.8 Å². The number of carbonyl (C=O) groups excluding carboxylic acids is 1. The number of aryl methyl sites for hydroxylation is 2. The summed E-state index contributed by atoms with van der Waals surface area (Å²) in [6.45, 7) is 4.07. The molecule has 2 saturated heterocycles. The van der Waals surface area contributed by atoms with Crippen molar-refractivity contribution >= 4 is 23.2 Å². The standard InChI is InChI=1S/C24H24N6O4/c1-14-8-9-17(15(2)12-14)19-13-18(20-10-11-21(34-20)30(32)33)25-23-22(24(31)28-29(19)23)27-26-16-6-4-3-5-7-16/h3-12,18-19,23,25-26H,13H2,1-2H3,(H,28,31). The van der Waals surface area contributed by atoms with Crippen LogP contribution in [-0.4, -0.2) is 27.7 Å². The number of nitro groups is 1. The summed E-state index contributed by atoms with van der Waals surface area (Å²) >= 11 is 0. The molecule has 1 aromatic heterocycles. The topological polar surface area (TPSA) is 125 Å². The van der Waals surface area contributed by atoms with Crippen molar-refractivity contribution in [1.29, 1.82) is 0 Å². The molecule has 3 aromatic rings. The highest BCUT2D eigenvalue weighted by Crippen LogP contribution is 2.40. The predicted octanol–water partition coefficient (Wildman–Crippen LogP) is 3.72. The fraction of sp³-hybridized carbons (Fsp3) is 0.250. The van der Waals surface area contributed by atoms with Crippen LogP contribution in [-0.2, 0) is 4.79 Å². The quantitative estimate of drug-likeness (QED) is 0.391. The van der Waals surface area contributed by atoms with E-state index in [9.17, 15) is 14.9 Å².